The van der Waals surface area contributed by atoms with E-state index < -0.39 is 0 Å². The van der Waals surface area contributed by atoms with Gasteiger partial charge < -0.3 is 24.6 Å². The highest BCUT2D eigenvalue weighted by Crippen LogP contribution is 2.42. The van der Waals surface area contributed by atoms with Crippen molar-refractivity contribution in [1.82, 2.24) is 5.32 Å². The normalized spacial score (nSPS) is 16.8. The maximum Gasteiger partial charge on any atom is 0.203 e. The third kappa shape index (κ3) is 3.41. The SMILES string of the molecule is COc1ccc(C(CO)NC2CCCC2)c(OC)c1OC. The van der Waals surface area contributed by atoms with Gasteiger partial charge in [0.25, 0.3) is 0 Å². The summed E-state index contributed by atoms with van der Waals surface area (Å²) < 4.78 is 16.2. The number of ether oxygens (including phenoxy) is 3. The molecule has 1 aromatic rings. The summed E-state index contributed by atoms with van der Waals surface area (Å²) in [6.07, 6.45) is 4.82. The third-order valence-electron chi connectivity index (χ3n) is 4.08. The van der Waals surface area contributed by atoms with E-state index in [9.17, 15) is 5.11 Å². The van der Waals surface area contributed by atoms with E-state index in [2.05, 4.69) is 5.32 Å². The Morgan fingerprint density at radius 1 is 1.10 bits per heavy atom. The van der Waals surface area contributed by atoms with Gasteiger partial charge in [0.1, 0.15) is 0 Å². The van der Waals surface area contributed by atoms with Gasteiger partial charge in [0.05, 0.1) is 34.0 Å². The van der Waals surface area contributed by atoms with Crippen LogP contribution >= 0.6 is 0 Å². The Kier molecular flexibility index (Phi) is 5.70. The van der Waals surface area contributed by atoms with Crippen LogP contribution in [0.25, 0.3) is 0 Å². The van der Waals surface area contributed by atoms with Crippen LogP contribution < -0.4 is 19.5 Å². The second-order valence-corrected chi connectivity index (χ2v) is 5.31. The highest BCUT2D eigenvalue weighted by atomic mass is 16.5. The van der Waals surface area contributed by atoms with E-state index in [0.29, 0.717) is 23.3 Å². The molecule has 1 fully saturated rings. The van der Waals surface area contributed by atoms with Crippen LogP contribution in [-0.2, 0) is 0 Å². The molecule has 1 aliphatic carbocycles. The highest BCUT2D eigenvalue weighted by Gasteiger charge is 2.25. The van der Waals surface area contributed by atoms with Gasteiger partial charge in [0, 0.05) is 11.6 Å². The minimum absolute atomic E-state index is 0.0162. The molecular formula is C16H25NO4. The smallest absolute Gasteiger partial charge is 0.203 e. The molecule has 5 heteroatoms. The van der Waals surface area contributed by atoms with Crippen LogP contribution in [0.15, 0.2) is 12.1 Å². The third-order valence-corrected chi connectivity index (χ3v) is 4.08. The maximum absolute atomic E-state index is 9.76. The van der Waals surface area contributed by atoms with Crippen LogP contribution in [-0.4, -0.2) is 39.1 Å². The van der Waals surface area contributed by atoms with E-state index in [1.807, 2.05) is 12.1 Å². The molecule has 0 radical (unpaired) electrons. The Labute approximate surface area is 126 Å². The summed E-state index contributed by atoms with van der Waals surface area (Å²) in [5.74, 6) is 1.79. The average molecular weight is 295 g/mol. The lowest BCUT2D eigenvalue weighted by atomic mass is 10.0. The molecule has 0 aliphatic heterocycles. The zero-order valence-corrected chi connectivity index (χ0v) is 13.0. The second kappa shape index (κ2) is 7.52. The number of aliphatic hydroxyl groups is 1. The molecule has 0 bridgehead atoms. The van der Waals surface area contributed by atoms with Crippen LogP contribution in [0.3, 0.4) is 0 Å². The van der Waals surface area contributed by atoms with Gasteiger partial charge in [-0.2, -0.15) is 0 Å². The van der Waals surface area contributed by atoms with E-state index in [0.717, 1.165) is 18.4 Å². The summed E-state index contributed by atoms with van der Waals surface area (Å²) in [6.45, 7) is 0.0162. The summed E-state index contributed by atoms with van der Waals surface area (Å²) in [5, 5.41) is 13.3. The molecule has 1 unspecified atom stereocenters. The van der Waals surface area contributed by atoms with Crippen molar-refractivity contribution in [3.63, 3.8) is 0 Å². The van der Waals surface area contributed by atoms with Crippen LogP contribution in [0.4, 0.5) is 0 Å². The van der Waals surface area contributed by atoms with Crippen molar-refractivity contribution < 1.29 is 19.3 Å². The van der Waals surface area contributed by atoms with Crippen LogP contribution in [0.5, 0.6) is 17.2 Å². The monoisotopic (exact) mass is 295 g/mol. The summed E-state index contributed by atoms with van der Waals surface area (Å²) >= 11 is 0. The number of rotatable bonds is 7. The molecule has 0 saturated heterocycles. The largest absolute Gasteiger partial charge is 0.493 e. The quantitative estimate of drug-likeness (QED) is 0.808. The van der Waals surface area contributed by atoms with Crippen molar-refractivity contribution in [2.24, 2.45) is 0 Å². The highest BCUT2D eigenvalue weighted by molar-refractivity contribution is 5.56. The first-order chi connectivity index (χ1) is 10.2. The van der Waals surface area contributed by atoms with Gasteiger partial charge in [-0.25, -0.2) is 0 Å². The summed E-state index contributed by atoms with van der Waals surface area (Å²) in [5.41, 5.74) is 0.893. The van der Waals surface area contributed by atoms with Gasteiger partial charge in [-0.3, -0.25) is 0 Å². The molecule has 1 aromatic carbocycles. The molecule has 1 atom stereocenters. The van der Waals surface area contributed by atoms with E-state index in [4.69, 9.17) is 14.2 Å². The van der Waals surface area contributed by atoms with Gasteiger partial charge in [-0.1, -0.05) is 12.8 Å². The fourth-order valence-corrected chi connectivity index (χ4v) is 3.02. The van der Waals surface area contributed by atoms with E-state index in [1.165, 1.54) is 12.8 Å². The number of nitrogens with one attached hydrogen (secondary N) is 1. The minimum atomic E-state index is -0.164. The first-order valence-electron chi connectivity index (χ1n) is 7.40. The Bertz CT molecular complexity index is 458. The number of aliphatic hydroxyl groups excluding tert-OH is 1. The molecule has 2 N–H and O–H groups in total. The van der Waals surface area contributed by atoms with Gasteiger partial charge >= 0.3 is 0 Å². The molecular weight excluding hydrogens is 270 g/mol. The number of benzene rings is 1. The summed E-state index contributed by atoms with van der Waals surface area (Å²) in [7, 11) is 4.78. The summed E-state index contributed by atoms with van der Waals surface area (Å²) in [4.78, 5) is 0. The first-order valence-corrected chi connectivity index (χ1v) is 7.40. The molecule has 0 spiro atoms. The lowest BCUT2D eigenvalue weighted by molar-refractivity contribution is 0.228. The topological polar surface area (TPSA) is 60.0 Å². The second-order valence-electron chi connectivity index (χ2n) is 5.31. The predicted molar refractivity (Wildman–Crippen MR) is 81.3 cm³/mol. The zero-order valence-electron chi connectivity index (χ0n) is 13.0. The van der Waals surface area contributed by atoms with Crippen molar-refractivity contribution >= 4 is 0 Å². The number of methoxy groups -OCH3 is 3. The van der Waals surface area contributed by atoms with Gasteiger partial charge in [-0.15, -0.1) is 0 Å². The van der Waals surface area contributed by atoms with Crippen LogP contribution in [0.1, 0.15) is 37.3 Å². The molecule has 0 amide bonds. The van der Waals surface area contributed by atoms with Gasteiger partial charge in [0.15, 0.2) is 11.5 Å². The fourth-order valence-electron chi connectivity index (χ4n) is 3.02. The Balaban J connectivity index is 2.30. The molecule has 5 nitrogen and oxygen atoms in total. The van der Waals surface area contributed by atoms with E-state index in [-0.39, 0.29) is 12.6 Å². The zero-order chi connectivity index (χ0) is 15.2. The summed E-state index contributed by atoms with van der Waals surface area (Å²) in [6, 6.07) is 4.06. The van der Waals surface area contributed by atoms with Crippen molar-refractivity contribution in [2.45, 2.75) is 37.8 Å². The van der Waals surface area contributed by atoms with Crippen molar-refractivity contribution in [3.8, 4) is 17.2 Å². The Hall–Kier alpha value is -1.46. The minimum Gasteiger partial charge on any atom is -0.493 e. The van der Waals surface area contributed by atoms with Crippen LogP contribution in [0.2, 0.25) is 0 Å². The molecule has 0 heterocycles. The van der Waals surface area contributed by atoms with Crippen molar-refractivity contribution in [2.75, 3.05) is 27.9 Å². The lowest BCUT2D eigenvalue weighted by Crippen LogP contribution is -2.33. The molecule has 21 heavy (non-hydrogen) atoms. The number of hydrogen-bond acceptors (Lipinski definition) is 5. The molecule has 0 aromatic heterocycles. The fraction of sp³-hybridized carbons (Fsp3) is 0.625. The van der Waals surface area contributed by atoms with Crippen molar-refractivity contribution in [1.29, 1.82) is 0 Å². The van der Waals surface area contributed by atoms with E-state index in [1.54, 1.807) is 21.3 Å². The van der Waals surface area contributed by atoms with Gasteiger partial charge in [0.2, 0.25) is 5.75 Å². The van der Waals surface area contributed by atoms with E-state index >= 15 is 0 Å². The standard InChI is InChI=1S/C16H25NO4/c1-19-14-9-8-12(15(20-2)16(14)21-3)13(10-18)17-11-6-4-5-7-11/h8-9,11,13,17-18H,4-7,10H2,1-3H3. The Morgan fingerprint density at radius 3 is 2.29 bits per heavy atom. The average Bonchev–Trinajstić information content (AvgIpc) is 3.04. The number of hydrogen-bond donors (Lipinski definition) is 2. The van der Waals surface area contributed by atoms with Gasteiger partial charge in [-0.05, 0) is 25.0 Å². The molecule has 1 aliphatic rings. The first kappa shape index (κ1) is 15.9. The van der Waals surface area contributed by atoms with Crippen LogP contribution in [0, 0.1) is 0 Å². The Morgan fingerprint density at radius 2 is 1.76 bits per heavy atom. The predicted octanol–water partition coefficient (Wildman–Crippen LogP) is 2.28. The van der Waals surface area contributed by atoms with Crippen molar-refractivity contribution in [3.05, 3.63) is 17.7 Å². The molecule has 1 saturated carbocycles. The maximum atomic E-state index is 9.76. The molecule has 2 rings (SSSR count). The molecule has 118 valence electrons. The lowest BCUT2D eigenvalue weighted by Gasteiger charge is -2.24.